The fourth-order valence-corrected chi connectivity index (χ4v) is 3.59. The molecule has 0 bridgehead atoms. The van der Waals surface area contributed by atoms with Gasteiger partial charge in [-0.15, -0.1) is 11.3 Å². The van der Waals surface area contributed by atoms with Crippen LogP contribution in [0.1, 0.15) is 30.3 Å². The molecule has 0 saturated carbocycles. The van der Waals surface area contributed by atoms with Gasteiger partial charge < -0.3 is 4.52 Å². The molecule has 23 heavy (non-hydrogen) atoms. The average Bonchev–Trinajstić information content (AvgIpc) is 3.29. The summed E-state index contributed by atoms with van der Waals surface area (Å²) >= 11 is 1.46. The molecule has 3 aromatic heterocycles. The van der Waals surface area contributed by atoms with Crippen LogP contribution in [0.2, 0.25) is 0 Å². The minimum absolute atomic E-state index is 0.134. The molecule has 1 aliphatic heterocycles. The Kier molecular flexibility index (Phi) is 3.58. The molecule has 4 rings (SSSR count). The summed E-state index contributed by atoms with van der Waals surface area (Å²) in [6, 6.07) is 5.82. The number of likely N-dealkylation sites (tertiary alicyclic amines) is 1. The zero-order valence-corrected chi connectivity index (χ0v) is 13.4. The Bertz CT molecular complexity index is 849. The summed E-state index contributed by atoms with van der Waals surface area (Å²) in [5.41, 5.74) is 0.638. The second kappa shape index (κ2) is 5.74. The van der Waals surface area contributed by atoms with Crippen molar-refractivity contribution in [2.75, 3.05) is 6.54 Å². The zero-order chi connectivity index (χ0) is 15.8. The van der Waals surface area contributed by atoms with Crippen LogP contribution in [0.15, 0.2) is 32.9 Å². The average molecular weight is 332 g/mol. The molecule has 0 aromatic carbocycles. The Morgan fingerprint density at radius 2 is 2.35 bits per heavy atom. The number of tetrazole rings is 1. The number of thiophene rings is 1. The topological polar surface area (TPSA) is 82.0 Å². The van der Waals surface area contributed by atoms with Crippen LogP contribution >= 0.6 is 11.3 Å². The lowest BCUT2D eigenvalue weighted by molar-refractivity contribution is 0.161. The Morgan fingerprint density at radius 1 is 1.43 bits per heavy atom. The van der Waals surface area contributed by atoms with E-state index in [1.807, 2.05) is 30.5 Å². The van der Waals surface area contributed by atoms with Gasteiger partial charge in [0.1, 0.15) is 11.7 Å². The molecule has 4 heterocycles. The summed E-state index contributed by atoms with van der Waals surface area (Å²) in [6.07, 6.45) is 2.04. The van der Waals surface area contributed by atoms with E-state index in [0.717, 1.165) is 35.8 Å². The van der Waals surface area contributed by atoms with Crippen molar-refractivity contribution < 1.29 is 4.52 Å². The van der Waals surface area contributed by atoms with Crippen LogP contribution in [0, 0.1) is 6.92 Å². The highest BCUT2D eigenvalue weighted by atomic mass is 32.1. The maximum absolute atomic E-state index is 12.4. The summed E-state index contributed by atoms with van der Waals surface area (Å²) in [5.74, 6) is 0.846. The molecule has 1 saturated heterocycles. The number of aromatic nitrogens is 5. The van der Waals surface area contributed by atoms with E-state index in [-0.39, 0.29) is 11.7 Å². The van der Waals surface area contributed by atoms with Crippen LogP contribution in [-0.4, -0.2) is 36.4 Å². The quantitative estimate of drug-likeness (QED) is 0.721. The molecule has 1 atom stereocenters. The van der Waals surface area contributed by atoms with Gasteiger partial charge in [-0.2, -0.15) is 9.36 Å². The molecule has 1 aliphatic rings. The standard InChI is InChI=1S/C14H16N6O2S/c1-10-8-12(22-15-10)11-4-2-6-18(11)9-19-14(21)20(17-16-19)13-5-3-7-23-13/h3,5,7-8,11H,2,4,6,9H2,1H3/t11-/m1/s1. The Balaban J connectivity index is 1.57. The number of rotatable bonds is 4. The summed E-state index contributed by atoms with van der Waals surface area (Å²) in [4.78, 5) is 14.6. The van der Waals surface area contributed by atoms with Gasteiger partial charge in [0.25, 0.3) is 0 Å². The monoisotopic (exact) mass is 332 g/mol. The summed E-state index contributed by atoms with van der Waals surface area (Å²) in [6.45, 7) is 3.20. The largest absolute Gasteiger partial charge is 0.370 e. The van der Waals surface area contributed by atoms with Crippen molar-refractivity contribution in [3.8, 4) is 5.00 Å². The summed E-state index contributed by atoms with van der Waals surface area (Å²) in [7, 11) is 0. The van der Waals surface area contributed by atoms with Crippen LogP contribution in [-0.2, 0) is 6.67 Å². The van der Waals surface area contributed by atoms with E-state index < -0.39 is 0 Å². The number of hydrogen-bond donors (Lipinski definition) is 0. The van der Waals surface area contributed by atoms with E-state index in [1.54, 1.807) is 0 Å². The third-order valence-electron chi connectivity index (χ3n) is 4.01. The highest BCUT2D eigenvalue weighted by Crippen LogP contribution is 2.32. The molecule has 0 radical (unpaired) electrons. The van der Waals surface area contributed by atoms with Gasteiger partial charge in [-0.25, -0.2) is 4.79 Å². The van der Waals surface area contributed by atoms with Crippen LogP contribution in [0.5, 0.6) is 0 Å². The SMILES string of the molecule is Cc1cc([C@H]2CCCN2Cn2nnn(-c3cccs3)c2=O)on1. The molecule has 8 nitrogen and oxygen atoms in total. The smallest absolute Gasteiger partial charge is 0.359 e. The Morgan fingerprint density at radius 3 is 3.09 bits per heavy atom. The first kappa shape index (κ1) is 14.3. The molecule has 0 unspecified atom stereocenters. The predicted octanol–water partition coefficient (Wildman–Crippen LogP) is 1.58. The van der Waals surface area contributed by atoms with E-state index in [0.29, 0.717) is 6.67 Å². The van der Waals surface area contributed by atoms with E-state index in [9.17, 15) is 4.79 Å². The fourth-order valence-electron chi connectivity index (χ4n) is 2.92. The molecular formula is C14H16N6O2S. The molecule has 9 heteroatoms. The highest BCUT2D eigenvalue weighted by molar-refractivity contribution is 7.12. The molecule has 0 aliphatic carbocycles. The normalized spacial score (nSPS) is 18.7. The van der Waals surface area contributed by atoms with E-state index in [2.05, 4.69) is 20.5 Å². The Hall–Kier alpha value is -2.26. The van der Waals surface area contributed by atoms with Gasteiger partial charge in [0.2, 0.25) is 0 Å². The zero-order valence-electron chi connectivity index (χ0n) is 12.6. The third kappa shape index (κ3) is 2.62. The van der Waals surface area contributed by atoms with E-state index in [4.69, 9.17) is 4.52 Å². The molecule has 1 fully saturated rings. The van der Waals surface area contributed by atoms with Gasteiger partial charge >= 0.3 is 5.69 Å². The van der Waals surface area contributed by atoms with Crippen LogP contribution in [0.25, 0.3) is 5.00 Å². The first-order valence-corrected chi connectivity index (χ1v) is 8.34. The van der Waals surface area contributed by atoms with Gasteiger partial charge in [0.15, 0.2) is 5.76 Å². The summed E-state index contributed by atoms with van der Waals surface area (Å²) in [5, 5.41) is 14.6. The molecule has 0 N–H and O–H groups in total. The first-order valence-electron chi connectivity index (χ1n) is 7.46. The van der Waals surface area contributed by atoms with E-state index in [1.165, 1.54) is 20.7 Å². The van der Waals surface area contributed by atoms with Crippen molar-refractivity contribution in [2.45, 2.75) is 32.5 Å². The highest BCUT2D eigenvalue weighted by Gasteiger charge is 2.30. The van der Waals surface area contributed by atoms with Crippen molar-refractivity contribution in [1.82, 2.24) is 29.8 Å². The van der Waals surface area contributed by atoms with Gasteiger partial charge in [0, 0.05) is 12.6 Å². The molecule has 0 spiro atoms. The minimum atomic E-state index is -0.230. The van der Waals surface area contributed by atoms with Crippen molar-refractivity contribution in [3.05, 3.63) is 45.5 Å². The molecule has 3 aromatic rings. The van der Waals surface area contributed by atoms with Crippen LogP contribution < -0.4 is 5.69 Å². The van der Waals surface area contributed by atoms with Crippen molar-refractivity contribution >= 4 is 11.3 Å². The lowest BCUT2D eigenvalue weighted by Gasteiger charge is -2.20. The van der Waals surface area contributed by atoms with Gasteiger partial charge in [0.05, 0.1) is 11.7 Å². The second-order valence-electron chi connectivity index (χ2n) is 5.61. The first-order chi connectivity index (χ1) is 11.2. The molecule has 0 amide bonds. The van der Waals surface area contributed by atoms with Gasteiger partial charge in [-0.1, -0.05) is 5.16 Å². The lowest BCUT2D eigenvalue weighted by atomic mass is 10.1. The van der Waals surface area contributed by atoms with Gasteiger partial charge in [-0.05, 0) is 47.7 Å². The van der Waals surface area contributed by atoms with Crippen molar-refractivity contribution in [1.29, 1.82) is 0 Å². The van der Waals surface area contributed by atoms with Crippen LogP contribution in [0.3, 0.4) is 0 Å². The van der Waals surface area contributed by atoms with E-state index >= 15 is 0 Å². The molecular weight excluding hydrogens is 316 g/mol. The number of nitrogens with zero attached hydrogens (tertiary/aromatic N) is 6. The summed E-state index contributed by atoms with van der Waals surface area (Å²) < 4.78 is 8.11. The Labute approximate surface area is 135 Å². The minimum Gasteiger partial charge on any atom is -0.359 e. The maximum atomic E-state index is 12.4. The number of aryl methyl sites for hydroxylation is 1. The van der Waals surface area contributed by atoms with Crippen molar-refractivity contribution in [3.63, 3.8) is 0 Å². The van der Waals surface area contributed by atoms with Crippen molar-refractivity contribution in [2.24, 2.45) is 0 Å². The predicted molar refractivity (Wildman–Crippen MR) is 83.4 cm³/mol. The number of hydrogen-bond acceptors (Lipinski definition) is 7. The maximum Gasteiger partial charge on any atom is 0.370 e. The molecule has 120 valence electrons. The second-order valence-corrected chi connectivity index (χ2v) is 6.53. The third-order valence-corrected chi connectivity index (χ3v) is 4.85. The fraction of sp³-hybridized carbons (Fsp3) is 0.429. The van der Waals surface area contributed by atoms with Gasteiger partial charge in [-0.3, -0.25) is 4.90 Å². The van der Waals surface area contributed by atoms with Crippen LogP contribution in [0.4, 0.5) is 0 Å². The lowest BCUT2D eigenvalue weighted by Crippen LogP contribution is -2.33.